The minimum absolute atomic E-state index is 0.300. The lowest BCUT2D eigenvalue weighted by Crippen LogP contribution is -2.26. The first kappa shape index (κ1) is 13.9. The Kier molecular flexibility index (Phi) is 5.06. The van der Waals surface area contributed by atoms with Gasteiger partial charge in [0.15, 0.2) is 5.82 Å². The van der Waals surface area contributed by atoms with E-state index in [4.69, 9.17) is 10.3 Å². The van der Waals surface area contributed by atoms with Crippen molar-refractivity contribution in [1.29, 1.82) is 0 Å². The van der Waals surface area contributed by atoms with E-state index in [-0.39, 0.29) is 0 Å². The maximum absolute atomic E-state index is 5.99. The number of thioether (sulfide) groups is 1. The highest BCUT2D eigenvalue weighted by Gasteiger charge is 2.25. The van der Waals surface area contributed by atoms with Crippen LogP contribution in [0.5, 0.6) is 0 Å². The van der Waals surface area contributed by atoms with Crippen molar-refractivity contribution < 1.29 is 4.52 Å². The first-order chi connectivity index (χ1) is 8.69. The average molecular weight is 269 g/mol. The van der Waals surface area contributed by atoms with Crippen molar-refractivity contribution in [1.82, 2.24) is 10.1 Å². The summed E-state index contributed by atoms with van der Waals surface area (Å²) in [5, 5.41) is 4.72. The Morgan fingerprint density at radius 1 is 1.50 bits per heavy atom. The molecule has 102 valence electrons. The summed E-state index contributed by atoms with van der Waals surface area (Å²) in [6, 6.07) is 0.300. The van der Waals surface area contributed by atoms with Crippen LogP contribution < -0.4 is 5.73 Å². The van der Waals surface area contributed by atoms with Crippen molar-refractivity contribution >= 4 is 11.8 Å². The lowest BCUT2D eigenvalue weighted by atomic mass is 9.86. The second-order valence-electron chi connectivity index (χ2n) is 5.20. The normalized spacial score (nSPS) is 26.2. The molecule has 1 fully saturated rings. The Morgan fingerprint density at radius 2 is 2.33 bits per heavy atom. The summed E-state index contributed by atoms with van der Waals surface area (Å²) >= 11 is 1.88. The molecule has 0 saturated heterocycles. The molecule has 1 aliphatic carbocycles. The highest BCUT2D eigenvalue weighted by molar-refractivity contribution is 7.99. The lowest BCUT2D eigenvalue weighted by molar-refractivity contribution is 0.297. The van der Waals surface area contributed by atoms with Crippen LogP contribution in [0.2, 0.25) is 0 Å². The number of hydrogen-bond acceptors (Lipinski definition) is 5. The number of aromatic nitrogens is 2. The molecular weight excluding hydrogens is 246 g/mol. The van der Waals surface area contributed by atoms with Crippen LogP contribution >= 0.6 is 11.8 Å². The minimum Gasteiger partial charge on any atom is -0.339 e. The van der Waals surface area contributed by atoms with Gasteiger partial charge in [-0.25, -0.2) is 0 Å². The van der Waals surface area contributed by atoms with Crippen molar-refractivity contribution in [2.24, 2.45) is 5.73 Å². The summed E-state index contributed by atoms with van der Waals surface area (Å²) in [4.78, 5) is 4.52. The summed E-state index contributed by atoms with van der Waals surface area (Å²) in [5.74, 6) is 2.85. The van der Waals surface area contributed by atoms with Gasteiger partial charge in [-0.3, -0.25) is 0 Å². The summed E-state index contributed by atoms with van der Waals surface area (Å²) in [5.41, 5.74) is 5.99. The molecular formula is C13H23N3OS. The van der Waals surface area contributed by atoms with Crippen LogP contribution in [0.25, 0.3) is 0 Å². The van der Waals surface area contributed by atoms with E-state index >= 15 is 0 Å². The Hall–Kier alpha value is -0.550. The first-order valence-electron chi connectivity index (χ1n) is 6.88. The molecule has 0 aromatic carbocycles. The van der Waals surface area contributed by atoms with Gasteiger partial charge in [0.1, 0.15) is 0 Å². The van der Waals surface area contributed by atoms with Gasteiger partial charge in [0.25, 0.3) is 0 Å². The number of rotatable bonds is 5. The average Bonchev–Trinajstić information content (AvgIpc) is 2.84. The largest absolute Gasteiger partial charge is 0.339 e. The van der Waals surface area contributed by atoms with E-state index in [0.29, 0.717) is 17.2 Å². The molecule has 0 aliphatic heterocycles. The molecule has 3 atom stereocenters. The Labute approximate surface area is 113 Å². The summed E-state index contributed by atoms with van der Waals surface area (Å²) in [6.07, 6.45) is 5.59. The summed E-state index contributed by atoms with van der Waals surface area (Å²) in [6.45, 7) is 4.43. The van der Waals surface area contributed by atoms with Crippen molar-refractivity contribution in [3.05, 3.63) is 11.7 Å². The second kappa shape index (κ2) is 6.57. The van der Waals surface area contributed by atoms with Crippen LogP contribution in [0.4, 0.5) is 0 Å². The minimum atomic E-state index is 0.300. The van der Waals surface area contributed by atoms with Crippen LogP contribution in [0.3, 0.4) is 0 Å². The first-order valence-corrected chi connectivity index (χ1v) is 7.93. The predicted molar refractivity (Wildman–Crippen MR) is 74.5 cm³/mol. The molecule has 1 aliphatic rings. The SMILES string of the molecule is CCC(C)SCc1noc(C2CCCC(N)C2)n1. The Morgan fingerprint density at radius 3 is 3.06 bits per heavy atom. The van der Waals surface area contributed by atoms with Crippen molar-refractivity contribution in [3.63, 3.8) is 0 Å². The highest BCUT2D eigenvalue weighted by atomic mass is 32.2. The molecule has 1 aromatic heterocycles. The van der Waals surface area contributed by atoms with E-state index in [9.17, 15) is 0 Å². The van der Waals surface area contributed by atoms with Crippen LogP contribution in [0.1, 0.15) is 63.6 Å². The van der Waals surface area contributed by atoms with E-state index < -0.39 is 0 Å². The van der Waals surface area contributed by atoms with Crippen molar-refractivity contribution in [2.45, 2.75) is 68.9 Å². The van der Waals surface area contributed by atoms with Crippen molar-refractivity contribution in [3.8, 4) is 0 Å². The predicted octanol–water partition coefficient (Wildman–Crippen LogP) is 3.09. The van der Waals surface area contributed by atoms with Gasteiger partial charge < -0.3 is 10.3 Å². The van der Waals surface area contributed by atoms with Crippen LogP contribution in [0, 0.1) is 0 Å². The van der Waals surface area contributed by atoms with Gasteiger partial charge >= 0.3 is 0 Å². The molecule has 3 unspecified atom stereocenters. The molecule has 2 N–H and O–H groups in total. The Balaban J connectivity index is 1.89. The third-order valence-corrected chi connectivity index (χ3v) is 4.95. The summed E-state index contributed by atoms with van der Waals surface area (Å²) in [7, 11) is 0. The maximum Gasteiger partial charge on any atom is 0.229 e. The van der Waals surface area contributed by atoms with Gasteiger partial charge in [-0.05, 0) is 25.7 Å². The van der Waals surface area contributed by atoms with Gasteiger partial charge in [0, 0.05) is 17.2 Å². The molecule has 1 saturated carbocycles. The van der Waals surface area contributed by atoms with Gasteiger partial charge in [0.05, 0.1) is 5.75 Å². The molecule has 0 amide bonds. The van der Waals surface area contributed by atoms with Gasteiger partial charge in [-0.2, -0.15) is 16.7 Å². The lowest BCUT2D eigenvalue weighted by Gasteiger charge is -2.23. The fourth-order valence-corrected chi connectivity index (χ4v) is 3.07. The molecule has 1 heterocycles. The third kappa shape index (κ3) is 3.72. The second-order valence-corrected chi connectivity index (χ2v) is 6.63. The smallest absolute Gasteiger partial charge is 0.229 e. The molecule has 0 bridgehead atoms. The van der Waals surface area contributed by atoms with Gasteiger partial charge in [-0.1, -0.05) is 25.4 Å². The highest BCUT2D eigenvalue weighted by Crippen LogP contribution is 2.31. The zero-order valence-corrected chi connectivity index (χ0v) is 12.1. The zero-order chi connectivity index (χ0) is 13.0. The maximum atomic E-state index is 5.99. The van der Waals surface area contributed by atoms with Crippen LogP contribution in [-0.4, -0.2) is 21.4 Å². The zero-order valence-electron chi connectivity index (χ0n) is 11.3. The monoisotopic (exact) mass is 269 g/mol. The fraction of sp³-hybridized carbons (Fsp3) is 0.846. The van der Waals surface area contributed by atoms with E-state index in [1.807, 2.05) is 11.8 Å². The molecule has 4 nitrogen and oxygen atoms in total. The van der Waals surface area contributed by atoms with E-state index in [0.717, 1.165) is 36.7 Å². The molecule has 18 heavy (non-hydrogen) atoms. The van der Waals surface area contributed by atoms with E-state index in [1.54, 1.807) is 0 Å². The number of nitrogens with zero attached hydrogens (tertiary/aromatic N) is 2. The third-order valence-electron chi connectivity index (χ3n) is 3.62. The Bertz CT molecular complexity index is 369. The number of nitrogens with two attached hydrogens (primary N) is 1. The van der Waals surface area contributed by atoms with Crippen molar-refractivity contribution in [2.75, 3.05) is 0 Å². The van der Waals surface area contributed by atoms with E-state index in [1.165, 1.54) is 12.8 Å². The van der Waals surface area contributed by atoms with Crippen LogP contribution in [0.15, 0.2) is 4.52 Å². The molecule has 5 heteroatoms. The molecule has 1 aromatic rings. The summed E-state index contributed by atoms with van der Waals surface area (Å²) < 4.78 is 5.39. The van der Waals surface area contributed by atoms with Crippen LogP contribution in [-0.2, 0) is 5.75 Å². The number of hydrogen-bond donors (Lipinski definition) is 1. The van der Waals surface area contributed by atoms with E-state index in [2.05, 4.69) is 24.0 Å². The molecule has 0 radical (unpaired) electrons. The standard InChI is InChI=1S/C13H23N3OS/c1-3-9(2)18-8-12-15-13(17-16-12)10-5-4-6-11(14)7-10/h9-11H,3-8,14H2,1-2H3. The van der Waals surface area contributed by atoms with Gasteiger partial charge in [0.2, 0.25) is 5.89 Å². The topological polar surface area (TPSA) is 64.9 Å². The molecule has 0 spiro atoms. The quantitative estimate of drug-likeness (QED) is 0.890. The van der Waals surface area contributed by atoms with Gasteiger partial charge in [-0.15, -0.1) is 0 Å². The molecule has 2 rings (SSSR count). The fourth-order valence-electron chi connectivity index (χ4n) is 2.28.